The zero-order valence-corrected chi connectivity index (χ0v) is 28.9. The molecule has 0 aliphatic carbocycles. The maximum absolute atomic E-state index is 13.7. The van der Waals surface area contributed by atoms with Crippen LogP contribution < -0.4 is 9.80 Å². The second-order valence-corrected chi connectivity index (χ2v) is 14.3. The fourth-order valence-corrected chi connectivity index (χ4v) is 8.99. The summed E-state index contributed by atoms with van der Waals surface area (Å²) in [5, 5.41) is 0. The number of hydrogen-bond acceptors (Lipinski definition) is 8. The second kappa shape index (κ2) is 12.7. The minimum Gasteiger partial charge on any atom is -0.424 e. The monoisotopic (exact) mass is 700 g/mol. The fourth-order valence-electron chi connectivity index (χ4n) is 6.80. The van der Waals surface area contributed by atoms with Crippen LogP contribution in [0.4, 0.5) is 34.1 Å². The lowest BCUT2D eigenvalue weighted by molar-refractivity contribution is -0.131. The quantitative estimate of drug-likeness (QED) is 0.125. The van der Waals surface area contributed by atoms with E-state index >= 15 is 0 Å². The predicted octanol–water partition coefficient (Wildman–Crippen LogP) is 11.4. The van der Waals surface area contributed by atoms with E-state index in [2.05, 4.69) is 76.5 Å². The number of benzene rings is 6. The van der Waals surface area contributed by atoms with Crippen molar-refractivity contribution >= 4 is 81.2 Å². The number of rotatable bonds is 6. The molecular weight excluding hydrogens is 673 g/mol. The molecule has 0 N–H and O–H groups in total. The number of anilines is 6. The molecule has 0 spiro atoms. The average molecular weight is 701 g/mol. The minimum absolute atomic E-state index is 0.107. The van der Waals surface area contributed by atoms with E-state index in [9.17, 15) is 9.59 Å². The third-order valence-corrected chi connectivity index (χ3v) is 11.4. The first-order chi connectivity index (χ1) is 25.1. The van der Waals surface area contributed by atoms with Crippen LogP contribution in [0, 0.1) is 0 Å². The molecular formula is C43H28N2O4S2. The van der Waals surface area contributed by atoms with Crippen molar-refractivity contribution in [3.63, 3.8) is 0 Å². The molecule has 51 heavy (non-hydrogen) atoms. The van der Waals surface area contributed by atoms with Crippen LogP contribution in [0.5, 0.6) is 0 Å². The highest BCUT2D eigenvalue weighted by atomic mass is 32.2. The minimum atomic E-state index is -0.571. The van der Waals surface area contributed by atoms with Gasteiger partial charge in [0.1, 0.15) is 5.57 Å². The Balaban J connectivity index is 1.13. The van der Waals surface area contributed by atoms with Gasteiger partial charge in [0.2, 0.25) is 0 Å². The number of hydrogen-bond donors (Lipinski definition) is 0. The number of nitrogens with zero attached hydrogens (tertiary/aromatic N) is 2. The van der Waals surface area contributed by atoms with E-state index in [1.807, 2.05) is 85.8 Å². The van der Waals surface area contributed by atoms with Crippen LogP contribution in [0.1, 0.15) is 18.1 Å². The van der Waals surface area contributed by atoms with Crippen LogP contribution in [0.3, 0.4) is 0 Å². The Hall–Kier alpha value is -5.96. The van der Waals surface area contributed by atoms with Gasteiger partial charge in [-0.2, -0.15) is 0 Å². The van der Waals surface area contributed by atoms with Crippen molar-refractivity contribution in [3.05, 3.63) is 168 Å². The van der Waals surface area contributed by atoms with E-state index in [-0.39, 0.29) is 17.1 Å². The molecule has 246 valence electrons. The van der Waals surface area contributed by atoms with Crippen molar-refractivity contribution in [2.75, 3.05) is 9.80 Å². The first-order valence-electron chi connectivity index (χ1n) is 16.4. The molecule has 3 aliphatic heterocycles. The normalized spacial score (nSPS) is 15.4. The van der Waals surface area contributed by atoms with Crippen molar-refractivity contribution in [1.29, 1.82) is 0 Å². The summed E-state index contributed by atoms with van der Waals surface area (Å²) in [5.41, 5.74) is 8.67. The topological polar surface area (TPSA) is 59.1 Å². The van der Waals surface area contributed by atoms with Gasteiger partial charge >= 0.3 is 5.97 Å². The zero-order valence-electron chi connectivity index (χ0n) is 27.3. The SMILES string of the molecule is C/C(=C1/OC(=O)C(c2ccc3c(c2)Sc2ccccc2N3c2ccccc2)=C1OC=O)c1ccc2c(c1)Sc1ccccc1N2c1ccccc1. The summed E-state index contributed by atoms with van der Waals surface area (Å²) in [6.07, 6.45) is 0. The Kier molecular flexibility index (Phi) is 7.75. The van der Waals surface area contributed by atoms with Crippen LogP contribution >= 0.6 is 23.5 Å². The first-order valence-corrected chi connectivity index (χ1v) is 18.0. The van der Waals surface area contributed by atoms with Gasteiger partial charge in [0, 0.05) is 36.5 Å². The van der Waals surface area contributed by atoms with Crippen LogP contribution in [0.15, 0.2) is 177 Å². The summed E-state index contributed by atoms with van der Waals surface area (Å²) in [7, 11) is 0. The first kappa shape index (κ1) is 31.1. The summed E-state index contributed by atoms with van der Waals surface area (Å²) < 4.78 is 11.5. The van der Waals surface area contributed by atoms with E-state index in [0.29, 0.717) is 17.6 Å². The highest BCUT2D eigenvalue weighted by molar-refractivity contribution is 8.00. The van der Waals surface area contributed by atoms with Gasteiger partial charge in [0.05, 0.1) is 22.7 Å². The highest BCUT2D eigenvalue weighted by Crippen LogP contribution is 2.54. The van der Waals surface area contributed by atoms with Gasteiger partial charge in [-0.15, -0.1) is 0 Å². The van der Waals surface area contributed by atoms with Gasteiger partial charge < -0.3 is 19.3 Å². The maximum atomic E-state index is 13.7. The number of carbonyl (C=O) groups excluding carboxylic acids is 2. The Morgan fingerprint density at radius 3 is 1.71 bits per heavy atom. The van der Waals surface area contributed by atoms with Crippen molar-refractivity contribution in [2.45, 2.75) is 26.5 Å². The lowest BCUT2D eigenvalue weighted by Gasteiger charge is -2.33. The van der Waals surface area contributed by atoms with Crippen LogP contribution in [-0.2, 0) is 19.1 Å². The molecule has 0 amide bonds. The van der Waals surface area contributed by atoms with Crippen molar-refractivity contribution in [1.82, 2.24) is 0 Å². The van der Waals surface area contributed by atoms with Crippen LogP contribution in [-0.4, -0.2) is 12.4 Å². The molecule has 0 unspecified atom stereocenters. The fraction of sp³-hybridized carbons (Fsp3) is 0.0233. The Morgan fingerprint density at radius 1 is 0.608 bits per heavy atom. The summed E-state index contributed by atoms with van der Waals surface area (Å²) in [5.74, 6) is -0.237. The Labute approximate surface area is 303 Å². The van der Waals surface area contributed by atoms with E-state index < -0.39 is 5.97 Å². The highest BCUT2D eigenvalue weighted by Gasteiger charge is 2.36. The number of allylic oxidation sites excluding steroid dienone is 1. The lowest BCUT2D eigenvalue weighted by atomic mass is 10.0. The van der Waals surface area contributed by atoms with Crippen LogP contribution in [0.2, 0.25) is 0 Å². The molecule has 8 heteroatoms. The molecule has 3 heterocycles. The van der Waals surface area contributed by atoms with E-state index in [0.717, 1.165) is 59.3 Å². The van der Waals surface area contributed by atoms with Gasteiger partial charge in [-0.05, 0) is 90.8 Å². The third kappa shape index (κ3) is 5.31. The molecule has 6 aromatic rings. The maximum Gasteiger partial charge on any atom is 0.348 e. The van der Waals surface area contributed by atoms with Crippen molar-refractivity contribution < 1.29 is 19.1 Å². The molecule has 0 bridgehead atoms. The molecule has 0 saturated heterocycles. The van der Waals surface area contributed by atoms with Gasteiger partial charge in [-0.25, -0.2) is 4.79 Å². The number of para-hydroxylation sites is 4. The summed E-state index contributed by atoms with van der Waals surface area (Å²) in [6.45, 7) is 2.23. The standard InChI is InChI=1S/C43H28N2O4S2/c1-27(28-20-22-34-38(24-28)50-36-18-10-8-16-32(36)44(34)30-12-4-2-5-13-30)41-42(48-26-46)40(43(47)49-41)29-21-23-35-39(25-29)51-37-19-11-9-17-33(37)45(35)31-14-6-3-7-15-31/h2-26H,1H3/b41-27-. The van der Waals surface area contributed by atoms with Crippen molar-refractivity contribution in [3.8, 4) is 0 Å². The van der Waals surface area contributed by atoms with Gasteiger partial charge in [-0.1, -0.05) is 96.3 Å². The molecule has 3 aliphatic rings. The third-order valence-electron chi connectivity index (χ3n) is 9.14. The number of ether oxygens (including phenoxy) is 2. The molecule has 0 aromatic heterocycles. The number of carbonyl (C=O) groups is 2. The predicted molar refractivity (Wildman–Crippen MR) is 203 cm³/mol. The number of fused-ring (bicyclic) bond motifs is 4. The van der Waals surface area contributed by atoms with E-state index in [1.165, 1.54) is 0 Å². The van der Waals surface area contributed by atoms with Crippen LogP contribution in [0.25, 0.3) is 11.1 Å². The van der Waals surface area contributed by atoms with Gasteiger partial charge in [0.25, 0.3) is 6.47 Å². The molecule has 9 rings (SSSR count). The number of esters is 1. The van der Waals surface area contributed by atoms with E-state index in [1.54, 1.807) is 23.5 Å². The lowest BCUT2D eigenvalue weighted by Crippen LogP contribution is -2.15. The largest absolute Gasteiger partial charge is 0.424 e. The summed E-state index contributed by atoms with van der Waals surface area (Å²) in [6, 6.07) is 49.1. The molecule has 6 aromatic carbocycles. The number of cyclic esters (lactones) is 1. The molecule has 0 atom stereocenters. The average Bonchev–Trinajstić information content (AvgIpc) is 3.51. The second-order valence-electron chi connectivity index (χ2n) is 12.1. The Morgan fingerprint density at radius 2 is 1.12 bits per heavy atom. The van der Waals surface area contributed by atoms with E-state index in [4.69, 9.17) is 9.47 Å². The summed E-state index contributed by atoms with van der Waals surface area (Å²) in [4.78, 5) is 34.3. The van der Waals surface area contributed by atoms with Gasteiger partial charge in [-0.3, -0.25) is 4.79 Å². The molecule has 0 radical (unpaired) electrons. The molecule has 0 fully saturated rings. The van der Waals surface area contributed by atoms with Crippen molar-refractivity contribution in [2.24, 2.45) is 0 Å². The Bertz CT molecular complexity index is 2440. The molecule has 6 nitrogen and oxygen atoms in total. The molecule has 0 saturated carbocycles. The smallest absolute Gasteiger partial charge is 0.348 e. The van der Waals surface area contributed by atoms with Gasteiger partial charge in [0.15, 0.2) is 11.5 Å². The zero-order chi connectivity index (χ0) is 34.5. The summed E-state index contributed by atoms with van der Waals surface area (Å²) >= 11 is 3.33.